The first-order valence-corrected chi connectivity index (χ1v) is 12.2. The minimum absolute atomic E-state index is 0. The van der Waals surface area contributed by atoms with Gasteiger partial charge in [0.2, 0.25) is 11.8 Å². The molecule has 32 heavy (non-hydrogen) atoms. The average molecular weight is 463 g/mol. The van der Waals surface area contributed by atoms with Gasteiger partial charge in [0.05, 0.1) is 16.5 Å². The Bertz CT molecular complexity index is 904. The molecule has 0 radical (unpaired) electrons. The molecule has 4 N–H and O–H groups in total. The minimum atomic E-state index is -0.0128. The van der Waals surface area contributed by atoms with Gasteiger partial charge in [-0.1, -0.05) is 25.0 Å². The average Bonchev–Trinajstić information content (AvgIpc) is 3.32. The van der Waals surface area contributed by atoms with Crippen LogP contribution in [0.4, 0.5) is 5.82 Å². The van der Waals surface area contributed by atoms with Gasteiger partial charge in [0.25, 0.3) is 0 Å². The molecule has 8 nitrogen and oxygen atoms in total. The highest BCUT2D eigenvalue weighted by Crippen LogP contribution is 2.38. The normalized spacial score (nSPS) is 23.8. The van der Waals surface area contributed by atoms with E-state index in [2.05, 4.69) is 38.4 Å². The Morgan fingerprint density at radius 1 is 0.875 bits per heavy atom. The number of aromatic nitrogens is 1. The summed E-state index contributed by atoms with van der Waals surface area (Å²) in [4.78, 5) is 31.6. The highest BCUT2D eigenvalue weighted by atomic mass is 32.1. The van der Waals surface area contributed by atoms with Crippen molar-refractivity contribution in [3.05, 3.63) is 24.3 Å². The second-order valence-electron chi connectivity index (χ2n) is 8.86. The Balaban J connectivity index is 0.00000144. The van der Waals surface area contributed by atoms with Gasteiger partial charge in [-0.25, -0.2) is 0 Å². The number of carbonyl (C=O) groups excluding carboxylic acids is 2. The van der Waals surface area contributed by atoms with Crippen LogP contribution in [0.3, 0.4) is 0 Å². The van der Waals surface area contributed by atoms with Crippen molar-refractivity contribution in [1.82, 2.24) is 14.2 Å². The van der Waals surface area contributed by atoms with Gasteiger partial charge >= 0.3 is 0 Å². The molecule has 3 aliphatic rings. The summed E-state index contributed by atoms with van der Waals surface area (Å²) in [5.74, 6) is 1.31. The number of carbonyl (C=O) groups is 2. The van der Waals surface area contributed by atoms with Gasteiger partial charge < -0.3 is 15.9 Å². The van der Waals surface area contributed by atoms with Crippen LogP contribution in [0.25, 0.3) is 10.1 Å². The predicted molar refractivity (Wildman–Crippen MR) is 127 cm³/mol. The number of hydrogen-bond acceptors (Lipinski definition) is 6. The van der Waals surface area contributed by atoms with Gasteiger partial charge in [0.1, 0.15) is 5.82 Å². The van der Waals surface area contributed by atoms with Crippen molar-refractivity contribution in [2.24, 2.45) is 11.8 Å². The number of likely N-dealkylation sites (tertiary alicyclic amines) is 1. The third-order valence-corrected chi connectivity index (χ3v) is 7.89. The number of piperazine rings is 1. The van der Waals surface area contributed by atoms with Crippen LogP contribution in [-0.2, 0) is 9.59 Å². The quantitative estimate of drug-likeness (QED) is 0.478. The summed E-state index contributed by atoms with van der Waals surface area (Å²) < 4.78 is 5.94. The molecule has 1 aliphatic carbocycles. The summed E-state index contributed by atoms with van der Waals surface area (Å²) in [6.07, 6.45) is 5.95. The summed E-state index contributed by atoms with van der Waals surface area (Å²) >= 11 is 1.58. The van der Waals surface area contributed by atoms with E-state index in [9.17, 15) is 9.59 Å². The van der Waals surface area contributed by atoms with Gasteiger partial charge in [-0.2, -0.15) is 4.37 Å². The second-order valence-corrected chi connectivity index (χ2v) is 9.67. The van der Waals surface area contributed by atoms with Gasteiger partial charge in [-0.15, -0.1) is 0 Å². The van der Waals surface area contributed by atoms with Crippen LogP contribution in [0.2, 0.25) is 0 Å². The van der Waals surface area contributed by atoms with E-state index in [4.69, 9.17) is 0 Å². The van der Waals surface area contributed by atoms with E-state index in [1.807, 2.05) is 0 Å². The molecule has 0 spiro atoms. The van der Waals surface area contributed by atoms with Gasteiger partial charge in [0, 0.05) is 38.1 Å². The lowest BCUT2D eigenvalue weighted by Crippen LogP contribution is -2.46. The predicted octanol–water partition coefficient (Wildman–Crippen LogP) is 1.72. The van der Waals surface area contributed by atoms with E-state index in [1.54, 1.807) is 16.4 Å². The summed E-state index contributed by atoms with van der Waals surface area (Å²) in [5.41, 5.74) is 0. The van der Waals surface area contributed by atoms with Gasteiger partial charge in [-0.05, 0) is 55.9 Å². The zero-order chi connectivity index (χ0) is 20.5. The van der Waals surface area contributed by atoms with Crippen LogP contribution in [0.15, 0.2) is 24.3 Å². The molecule has 0 unspecified atom stereocenters. The number of fused-ring (bicyclic) bond motifs is 2. The lowest BCUT2D eigenvalue weighted by molar-refractivity contribution is -0.140. The lowest BCUT2D eigenvalue weighted by atomic mass is 9.81. The van der Waals surface area contributed by atoms with Crippen LogP contribution in [0, 0.1) is 11.8 Å². The second kappa shape index (κ2) is 10.7. The Labute approximate surface area is 192 Å². The van der Waals surface area contributed by atoms with Crippen LogP contribution in [0.1, 0.15) is 38.5 Å². The molecule has 2 aliphatic heterocycles. The SMILES string of the molecule is O.O.O=C1[C@H]2CCCC[C@H]2C(=O)N1CCCCN1CCN(c2nsc3ccccc23)CC1. The molecule has 0 bridgehead atoms. The molecule has 1 saturated carbocycles. The molecular weight excluding hydrogens is 428 g/mol. The zero-order valence-corrected chi connectivity index (χ0v) is 19.3. The first-order chi connectivity index (χ1) is 14.7. The Hall–Kier alpha value is -2.07. The van der Waals surface area contributed by atoms with Crippen molar-refractivity contribution >= 4 is 39.3 Å². The molecule has 176 valence electrons. The number of unbranched alkanes of at least 4 members (excludes halogenated alkanes) is 1. The van der Waals surface area contributed by atoms with Crippen LogP contribution in [0.5, 0.6) is 0 Å². The van der Waals surface area contributed by atoms with E-state index in [0.29, 0.717) is 6.54 Å². The fraction of sp³-hybridized carbons (Fsp3) is 0.609. The standard InChI is InChI=1S/C23H30N4O2S.2H2O/c28-22-17-7-1-2-8-18(17)23(29)27(22)12-6-5-11-25-13-15-26(16-14-25)21-19-9-3-4-10-20(19)30-24-21;;/h3-4,9-10,17-18H,1-2,5-8,11-16H2;2*1H2/t17-,18+;;. The first kappa shape index (κ1) is 24.6. The molecule has 2 saturated heterocycles. The summed E-state index contributed by atoms with van der Waals surface area (Å²) in [7, 11) is 0. The Morgan fingerprint density at radius 3 is 2.19 bits per heavy atom. The highest BCUT2D eigenvalue weighted by Gasteiger charge is 2.47. The monoisotopic (exact) mass is 462 g/mol. The van der Waals surface area contributed by atoms with Crippen molar-refractivity contribution in [3.63, 3.8) is 0 Å². The van der Waals surface area contributed by atoms with E-state index < -0.39 is 0 Å². The fourth-order valence-corrected chi connectivity index (χ4v) is 6.14. The number of nitrogens with zero attached hydrogens (tertiary/aromatic N) is 4. The molecule has 2 amide bonds. The van der Waals surface area contributed by atoms with Crippen molar-refractivity contribution in [3.8, 4) is 0 Å². The first-order valence-electron chi connectivity index (χ1n) is 11.4. The number of imide groups is 1. The number of rotatable bonds is 6. The van der Waals surface area contributed by atoms with Crippen molar-refractivity contribution < 1.29 is 20.5 Å². The summed E-state index contributed by atoms with van der Waals surface area (Å²) in [5, 5.41) is 1.26. The fourth-order valence-electron chi connectivity index (χ4n) is 5.34. The van der Waals surface area contributed by atoms with Crippen LogP contribution >= 0.6 is 11.5 Å². The Morgan fingerprint density at radius 2 is 1.50 bits per heavy atom. The molecule has 1 aromatic carbocycles. The third kappa shape index (κ3) is 4.66. The topological polar surface area (TPSA) is 120 Å². The number of amides is 2. The molecule has 3 heterocycles. The maximum Gasteiger partial charge on any atom is 0.233 e. The lowest BCUT2D eigenvalue weighted by Gasteiger charge is -2.35. The van der Waals surface area contributed by atoms with Gasteiger partial charge in [0.15, 0.2) is 0 Å². The van der Waals surface area contributed by atoms with E-state index in [1.165, 1.54) is 10.1 Å². The third-order valence-electron chi connectivity index (χ3n) is 7.07. The molecule has 5 rings (SSSR count). The largest absolute Gasteiger partial charge is 0.412 e. The van der Waals surface area contributed by atoms with Crippen molar-refractivity contribution in [2.45, 2.75) is 38.5 Å². The van der Waals surface area contributed by atoms with Crippen molar-refractivity contribution in [2.75, 3.05) is 44.2 Å². The van der Waals surface area contributed by atoms with E-state index in [0.717, 1.165) is 77.1 Å². The number of benzene rings is 1. The molecule has 3 fully saturated rings. The highest BCUT2D eigenvalue weighted by molar-refractivity contribution is 7.13. The van der Waals surface area contributed by atoms with Gasteiger partial charge in [-0.3, -0.25) is 19.4 Å². The van der Waals surface area contributed by atoms with Crippen molar-refractivity contribution in [1.29, 1.82) is 0 Å². The van der Waals surface area contributed by atoms with E-state index >= 15 is 0 Å². The van der Waals surface area contributed by atoms with Crippen LogP contribution < -0.4 is 4.90 Å². The van der Waals surface area contributed by atoms with Crippen LogP contribution in [-0.4, -0.2) is 76.2 Å². The smallest absolute Gasteiger partial charge is 0.233 e. The van der Waals surface area contributed by atoms with E-state index in [-0.39, 0.29) is 34.6 Å². The number of anilines is 1. The molecule has 2 aromatic rings. The summed E-state index contributed by atoms with van der Waals surface area (Å²) in [6, 6.07) is 8.45. The maximum absolute atomic E-state index is 12.6. The summed E-state index contributed by atoms with van der Waals surface area (Å²) in [6.45, 7) is 5.72. The number of hydrogen-bond donors (Lipinski definition) is 0. The Kier molecular flexibility index (Phi) is 8.21. The maximum atomic E-state index is 12.6. The molecule has 1 aromatic heterocycles. The molecule has 2 atom stereocenters. The molecule has 9 heteroatoms. The molecular formula is C23H34N4O4S. The minimum Gasteiger partial charge on any atom is -0.412 e. The zero-order valence-electron chi connectivity index (χ0n) is 18.5.